The van der Waals surface area contributed by atoms with Gasteiger partial charge in [-0.3, -0.25) is 14.4 Å². The van der Waals surface area contributed by atoms with E-state index in [2.05, 4.69) is 5.32 Å². The number of aryl methyl sites for hydroxylation is 1. The van der Waals surface area contributed by atoms with E-state index in [0.717, 1.165) is 5.56 Å². The van der Waals surface area contributed by atoms with Crippen molar-refractivity contribution in [2.75, 3.05) is 44.1 Å². The lowest BCUT2D eigenvalue weighted by Gasteiger charge is -2.33. The lowest BCUT2D eigenvalue weighted by atomic mass is 10.2. The van der Waals surface area contributed by atoms with Crippen LogP contribution in [0.1, 0.15) is 5.56 Å². The van der Waals surface area contributed by atoms with Gasteiger partial charge in [0, 0.05) is 30.5 Å². The van der Waals surface area contributed by atoms with E-state index in [-0.39, 0.29) is 25.5 Å². The quantitative estimate of drug-likeness (QED) is 0.752. The number of benzene rings is 2. The second kappa shape index (κ2) is 8.64. The fourth-order valence-electron chi connectivity index (χ4n) is 3.16. The molecule has 1 aliphatic heterocycles. The van der Waals surface area contributed by atoms with Gasteiger partial charge in [-0.25, -0.2) is 0 Å². The number of piperazine rings is 1. The Morgan fingerprint density at radius 2 is 1.76 bits per heavy atom. The summed E-state index contributed by atoms with van der Waals surface area (Å²) in [5.41, 5.74) is 2.19. The number of rotatable bonds is 6. The smallest absolute Gasteiger partial charge is 0.316 e. The third-order valence-electron chi connectivity index (χ3n) is 4.62. The van der Waals surface area contributed by atoms with Crippen molar-refractivity contribution in [1.82, 2.24) is 4.90 Å². The van der Waals surface area contributed by atoms with Gasteiger partial charge in [0.05, 0.1) is 14.2 Å². The number of methoxy groups -OCH3 is 2. The maximum Gasteiger partial charge on any atom is 0.316 e. The van der Waals surface area contributed by atoms with Crippen LogP contribution in [-0.4, -0.2) is 56.5 Å². The van der Waals surface area contributed by atoms with Gasteiger partial charge in [-0.1, -0.05) is 12.1 Å². The van der Waals surface area contributed by atoms with Crippen molar-refractivity contribution < 1.29 is 23.9 Å². The number of hydrogen-bond donors (Lipinski definition) is 1. The van der Waals surface area contributed by atoms with E-state index >= 15 is 0 Å². The number of amides is 3. The first-order valence-electron chi connectivity index (χ1n) is 9.12. The zero-order valence-corrected chi connectivity index (χ0v) is 16.6. The molecule has 3 rings (SSSR count). The molecule has 0 aliphatic carbocycles. The highest BCUT2D eigenvalue weighted by Gasteiger charge is 2.34. The third kappa shape index (κ3) is 4.48. The Kier molecular flexibility index (Phi) is 6.01. The van der Waals surface area contributed by atoms with Crippen LogP contribution in [0.15, 0.2) is 42.5 Å². The van der Waals surface area contributed by atoms with Crippen LogP contribution < -0.4 is 19.7 Å². The number of ether oxygens (including phenoxy) is 2. The molecule has 152 valence electrons. The molecular weight excluding hydrogens is 374 g/mol. The summed E-state index contributed by atoms with van der Waals surface area (Å²) in [7, 11) is 3.02. The summed E-state index contributed by atoms with van der Waals surface area (Å²) in [5.74, 6) is -0.764. The van der Waals surface area contributed by atoms with Gasteiger partial charge < -0.3 is 24.6 Å². The lowest BCUT2D eigenvalue weighted by Crippen LogP contribution is -2.56. The van der Waals surface area contributed by atoms with E-state index in [1.807, 2.05) is 25.1 Å². The van der Waals surface area contributed by atoms with E-state index in [4.69, 9.17) is 9.47 Å². The molecule has 29 heavy (non-hydrogen) atoms. The van der Waals surface area contributed by atoms with Gasteiger partial charge in [0.1, 0.15) is 6.54 Å². The molecule has 2 aromatic rings. The molecule has 1 aliphatic rings. The van der Waals surface area contributed by atoms with Crippen molar-refractivity contribution in [2.24, 2.45) is 0 Å². The zero-order valence-electron chi connectivity index (χ0n) is 16.6. The number of nitrogens with one attached hydrogen (secondary N) is 1. The number of nitrogens with zero attached hydrogens (tertiary/aromatic N) is 2. The summed E-state index contributed by atoms with van der Waals surface area (Å²) >= 11 is 0. The minimum Gasteiger partial charge on any atom is -0.493 e. The molecule has 1 heterocycles. The first kappa shape index (κ1) is 20.2. The van der Waals surface area contributed by atoms with Gasteiger partial charge in [-0.05, 0) is 36.8 Å². The molecule has 0 spiro atoms. The van der Waals surface area contributed by atoms with Gasteiger partial charge >= 0.3 is 11.8 Å². The maximum absolute atomic E-state index is 12.6. The molecule has 0 radical (unpaired) electrons. The summed E-state index contributed by atoms with van der Waals surface area (Å²) in [4.78, 5) is 40.1. The Bertz CT molecular complexity index is 944. The fourth-order valence-corrected chi connectivity index (χ4v) is 3.16. The predicted octanol–water partition coefficient (Wildman–Crippen LogP) is 1.83. The van der Waals surface area contributed by atoms with Crippen LogP contribution in [0.5, 0.6) is 11.5 Å². The van der Waals surface area contributed by atoms with E-state index in [0.29, 0.717) is 22.9 Å². The number of carbonyl (C=O) groups excluding carboxylic acids is 3. The summed E-state index contributed by atoms with van der Waals surface area (Å²) in [6, 6.07) is 12.4. The van der Waals surface area contributed by atoms with Crippen molar-refractivity contribution in [3.63, 3.8) is 0 Å². The van der Waals surface area contributed by atoms with Crippen molar-refractivity contribution in [3.8, 4) is 11.5 Å². The van der Waals surface area contributed by atoms with Crippen LogP contribution in [0.4, 0.5) is 11.4 Å². The first-order chi connectivity index (χ1) is 13.9. The van der Waals surface area contributed by atoms with Crippen molar-refractivity contribution in [3.05, 3.63) is 48.0 Å². The molecule has 2 aromatic carbocycles. The maximum atomic E-state index is 12.6. The van der Waals surface area contributed by atoms with Crippen LogP contribution in [0.25, 0.3) is 0 Å². The van der Waals surface area contributed by atoms with Crippen LogP contribution in [0, 0.1) is 6.92 Å². The summed E-state index contributed by atoms with van der Waals surface area (Å²) < 4.78 is 10.5. The average molecular weight is 397 g/mol. The minimum absolute atomic E-state index is 0.182. The topological polar surface area (TPSA) is 88.2 Å². The molecule has 1 saturated heterocycles. The van der Waals surface area contributed by atoms with E-state index < -0.39 is 11.8 Å². The van der Waals surface area contributed by atoms with Crippen LogP contribution in [0.3, 0.4) is 0 Å². The summed E-state index contributed by atoms with van der Waals surface area (Å²) in [6.45, 7) is 2.27. The number of anilines is 2. The molecule has 3 amide bonds. The van der Waals surface area contributed by atoms with Crippen LogP contribution in [-0.2, 0) is 14.4 Å². The monoisotopic (exact) mass is 397 g/mol. The fraction of sp³-hybridized carbons (Fsp3) is 0.286. The Balaban J connectivity index is 1.66. The van der Waals surface area contributed by atoms with Gasteiger partial charge in [0.25, 0.3) is 0 Å². The van der Waals surface area contributed by atoms with Crippen molar-refractivity contribution in [2.45, 2.75) is 6.92 Å². The molecule has 0 saturated carbocycles. The zero-order chi connectivity index (χ0) is 21.0. The van der Waals surface area contributed by atoms with E-state index in [1.54, 1.807) is 24.3 Å². The first-order valence-corrected chi connectivity index (χ1v) is 9.12. The molecule has 1 N–H and O–H groups in total. The Morgan fingerprint density at radius 1 is 1.00 bits per heavy atom. The van der Waals surface area contributed by atoms with Gasteiger partial charge in [0.15, 0.2) is 11.5 Å². The van der Waals surface area contributed by atoms with Crippen molar-refractivity contribution >= 4 is 29.1 Å². The van der Waals surface area contributed by atoms with Gasteiger partial charge in [0.2, 0.25) is 5.91 Å². The lowest BCUT2D eigenvalue weighted by molar-refractivity contribution is -0.147. The standard InChI is InChI=1S/C21H23N3O5/c1-14-5-4-6-15(11-14)22-19(25)13-23-9-10-24(21(27)20(23)26)16-7-8-17(28-2)18(12-16)29-3/h4-8,11-12H,9-10,13H2,1-3H3,(H,22,25). The number of carbonyl (C=O) groups is 3. The molecule has 0 aromatic heterocycles. The van der Waals surface area contributed by atoms with Crippen LogP contribution >= 0.6 is 0 Å². The summed E-state index contributed by atoms with van der Waals surface area (Å²) in [6.07, 6.45) is 0. The largest absolute Gasteiger partial charge is 0.493 e. The average Bonchev–Trinajstić information content (AvgIpc) is 2.71. The molecule has 1 fully saturated rings. The molecule has 0 bridgehead atoms. The Morgan fingerprint density at radius 3 is 2.45 bits per heavy atom. The number of hydrogen-bond acceptors (Lipinski definition) is 5. The highest BCUT2D eigenvalue weighted by atomic mass is 16.5. The molecule has 0 unspecified atom stereocenters. The SMILES string of the molecule is COc1ccc(N2CCN(CC(=O)Nc3cccc(C)c3)C(=O)C2=O)cc1OC. The predicted molar refractivity (Wildman–Crippen MR) is 108 cm³/mol. The summed E-state index contributed by atoms with van der Waals surface area (Å²) in [5, 5.41) is 2.75. The van der Waals surface area contributed by atoms with Crippen LogP contribution in [0.2, 0.25) is 0 Å². The normalized spacial score (nSPS) is 14.0. The van der Waals surface area contributed by atoms with Gasteiger partial charge in [-0.2, -0.15) is 0 Å². The highest BCUT2D eigenvalue weighted by Crippen LogP contribution is 2.32. The molecular formula is C21H23N3O5. The second-order valence-electron chi connectivity index (χ2n) is 6.64. The Hall–Kier alpha value is -3.55. The third-order valence-corrected chi connectivity index (χ3v) is 4.62. The van der Waals surface area contributed by atoms with E-state index in [9.17, 15) is 14.4 Å². The van der Waals surface area contributed by atoms with E-state index in [1.165, 1.54) is 24.0 Å². The Labute approximate surface area is 169 Å². The second-order valence-corrected chi connectivity index (χ2v) is 6.64. The highest BCUT2D eigenvalue weighted by molar-refractivity contribution is 6.41. The minimum atomic E-state index is -0.717. The van der Waals surface area contributed by atoms with Gasteiger partial charge in [-0.15, -0.1) is 0 Å². The molecule has 0 atom stereocenters. The van der Waals surface area contributed by atoms with Crippen molar-refractivity contribution in [1.29, 1.82) is 0 Å². The molecule has 8 heteroatoms. The molecule has 8 nitrogen and oxygen atoms in total.